The SMILES string of the molecule is COC(=O)Oc1onc(CC2C(=O)N(C)C(C)(Cc3ccccc3)C(=O)N2C)c1OC(=O)OC. The van der Waals surface area contributed by atoms with Crippen LogP contribution < -0.4 is 9.47 Å². The summed E-state index contributed by atoms with van der Waals surface area (Å²) in [4.78, 5) is 52.7. The molecule has 12 nitrogen and oxygen atoms in total. The van der Waals surface area contributed by atoms with Gasteiger partial charge in [0.25, 0.3) is 0 Å². The number of nitrogens with zero attached hydrogens (tertiary/aromatic N) is 3. The molecule has 0 radical (unpaired) electrons. The van der Waals surface area contributed by atoms with Crippen molar-refractivity contribution in [2.75, 3.05) is 28.3 Å². The van der Waals surface area contributed by atoms with Gasteiger partial charge < -0.3 is 33.3 Å². The van der Waals surface area contributed by atoms with Gasteiger partial charge in [0.05, 0.1) is 14.2 Å². The first-order valence-electron chi connectivity index (χ1n) is 10.2. The molecular weight excluding hydrogens is 450 g/mol. The summed E-state index contributed by atoms with van der Waals surface area (Å²) < 4.78 is 23.7. The molecule has 0 N–H and O–H groups in total. The molecule has 0 saturated carbocycles. The number of carbonyl (C=O) groups excluding carboxylic acids is 4. The van der Waals surface area contributed by atoms with Crippen molar-refractivity contribution in [3.63, 3.8) is 0 Å². The molecule has 0 bridgehead atoms. The van der Waals surface area contributed by atoms with Crippen LogP contribution in [0, 0.1) is 0 Å². The van der Waals surface area contributed by atoms with Crippen LogP contribution in [0.2, 0.25) is 0 Å². The zero-order chi connectivity index (χ0) is 25.0. The maximum atomic E-state index is 13.4. The molecule has 2 amide bonds. The van der Waals surface area contributed by atoms with E-state index in [1.807, 2.05) is 30.3 Å². The summed E-state index contributed by atoms with van der Waals surface area (Å²) in [5, 5.41) is 3.76. The number of hydrogen-bond donors (Lipinski definition) is 0. The molecule has 1 aliphatic heterocycles. The zero-order valence-electron chi connectivity index (χ0n) is 19.4. The lowest BCUT2D eigenvalue weighted by atomic mass is 9.85. The number of aromatic nitrogens is 1. The van der Waals surface area contributed by atoms with Crippen LogP contribution in [-0.4, -0.2) is 79.0 Å². The van der Waals surface area contributed by atoms with Gasteiger partial charge in [0.1, 0.15) is 17.3 Å². The number of likely N-dealkylation sites (N-methyl/N-ethyl adjacent to an activating group) is 2. The third-order valence-electron chi connectivity index (χ3n) is 5.76. The molecule has 0 aliphatic carbocycles. The van der Waals surface area contributed by atoms with Crippen molar-refractivity contribution in [3.8, 4) is 11.7 Å². The molecule has 12 heteroatoms. The Morgan fingerprint density at radius 3 is 2.29 bits per heavy atom. The Labute approximate surface area is 195 Å². The summed E-state index contributed by atoms with van der Waals surface area (Å²) in [5.74, 6) is -1.57. The molecule has 34 heavy (non-hydrogen) atoms. The van der Waals surface area contributed by atoms with E-state index < -0.39 is 29.8 Å². The number of rotatable bonds is 6. The third kappa shape index (κ3) is 4.65. The van der Waals surface area contributed by atoms with E-state index in [1.165, 1.54) is 16.8 Å². The molecule has 3 rings (SSSR count). The Morgan fingerprint density at radius 1 is 1.06 bits per heavy atom. The highest BCUT2D eigenvalue weighted by atomic mass is 16.8. The highest BCUT2D eigenvalue weighted by Gasteiger charge is 2.51. The van der Waals surface area contributed by atoms with Gasteiger partial charge in [-0.1, -0.05) is 35.5 Å². The van der Waals surface area contributed by atoms with E-state index in [-0.39, 0.29) is 29.7 Å². The molecule has 1 fully saturated rings. The number of amides is 2. The van der Waals surface area contributed by atoms with E-state index >= 15 is 0 Å². The monoisotopic (exact) mass is 475 g/mol. The van der Waals surface area contributed by atoms with Gasteiger partial charge in [-0.25, -0.2) is 9.59 Å². The molecule has 2 atom stereocenters. The van der Waals surface area contributed by atoms with E-state index in [0.29, 0.717) is 6.42 Å². The molecule has 2 heterocycles. The highest BCUT2D eigenvalue weighted by Crippen LogP contribution is 2.35. The fraction of sp³-hybridized carbons (Fsp3) is 0.409. The molecule has 2 unspecified atom stereocenters. The summed E-state index contributed by atoms with van der Waals surface area (Å²) in [6, 6.07) is 8.38. The number of piperazine rings is 1. The van der Waals surface area contributed by atoms with Gasteiger partial charge in [-0.2, -0.15) is 0 Å². The minimum atomic E-state index is -1.14. The number of hydrogen-bond acceptors (Lipinski definition) is 10. The maximum absolute atomic E-state index is 13.4. The summed E-state index contributed by atoms with van der Waals surface area (Å²) in [6.07, 6.45) is -2.14. The lowest BCUT2D eigenvalue weighted by Gasteiger charge is -2.48. The van der Waals surface area contributed by atoms with Crippen LogP contribution in [0.3, 0.4) is 0 Å². The van der Waals surface area contributed by atoms with Gasteiger partial charge in [0.15, 0.2) is 0 Å². The first-order chi connectivity index (χ1) is 16.1. The smallest absolute Gasteiger partial charge is 0.437 e. The topological polar surface area (TPSA) is 138 Å². The Morgan fingerprint density at radius 2 is 1.68 bits per heavy atom. The second-order valence-corrected chi connectivity index (χ2v) is 7.83. The first kappa shape index (κ1) is 24.6. The van der Waals surface area contributed by atoms with Crippen molar-refractivity contribution in [3.05, 3.63) is 41.6 Å². The first-order valence-corrected chi connectivity index (χ1v) is 10.2. The van der Waals surface area contributed by atoms with E-state index in [9.17, 15) is 19.2 Å². The Bertz CT molecular complexity index is 1080. The van der Waals surface area contributed by atoms with Gasteiger partial charge in [-0.05, 0) is 12.5 Å². The summed E-state index contributed by atoms with van der Waals surface area (Å²) >= 11 is 0. The van der Waals surface area contributed by atoms with Crippen LogP contribution in [0.15, 0.2) is 34.9 Å². The Hall–Kier alpha value is -4.09. The number of ether oxygens (including phenoxy) is 4. The molecule has 1 aromatic heterocycles. The lowest BCUT2D eigenvalue weighted by Crippen LogP contribution is -2.69. The van der Waals surface area contributed by atoms with Crippen LogP contribution >= 0.6 is 0 Å². The highest BCUT2D eigenvalue weighted by molar-refractivity contribution is 5.99. The quantitative estimate of drug-likeness (QED) is 0.569. The van der Waals surface area contributed by atoms with Gasteiger partial charge >= 0.3 is 18.3 Å². The fourth-order valence-electron chi connectivity index (χ4n) is 3.73. The lowest BCUT2D eigenvalue weighted by molar-refractivity contribution is -0.166. The average molecular weight is 475 g/mol. The van der Waals surface area contributed by atoms with Crippen molar-refractivity contribution in [2.45, 2.75) is 31.3 Å². The number of methoxy groups -OCH3 is 2. The van der Waals surface area contributed by atoms with Crippen molar-refractivity contribution in [2.24, 2.45) is 0 Å². The third-order valence-corrected chi connectivity index (χ3v) is 5.76. The van der Waals surface area contributed by atoms with Gasteiger partial charge in [0.2, 0.25) is 17.6 Å². The van der Waals surface area contributed by atoms with Gasteiger partial charge in [-0.15, -0.1) is 0 Å². The van der Waals surface area contributed by atoms with Crippen molar-refractivity contribution >= 4 is 24.1 Å². The van der Waals surface area contributed by atoms with Gasteiger partial charge in [-0.3, -0.25) is 9.59 Å². The molecule has 0 spiro atoms. The summed E-state index contributed by atoms with van der Waals surface area (Å²) in [7, 11) is 5.22. The minimum Gasteiger partial charge on any atom is -0.437 e. The molecule has 182 valence electrons. The standard InChI is InChI=1S/C22H25N3O9/c1-22(12-13-9-7-6-8-10-13)19(27)24(2)15(17(26)25(22)3)11-14-16(32-20(28)30-4)18(34-23-14)33-21(29)31-5/h6-10,15H,11-12H2,1-5H3. The largest absolute Gasteiger partial charge is 0.516 e. The summed E-state index contributed by atoms with van der Waals surface area (Å²) in [6.45, 7) is 1.71. The summed E-state index contributed by atoms with van der Waals surface area (Å²) in [5.41, 5.74) is -0.250. The molecular formula is C22H25N3O9. The second-order valence-electron chi connectivity index (χ2n) is 7.83. The fourth-order valence-corrected chi connectivity index (χ4v) is 3.73. The van der Waals surface area contributed by atoms with Crippen LogP contribution in [0.25, 0.3) is 0 Å². The Balaban J connectivity index is 1.89. The predicted molar refractivity (Wildman–Crippen MR) is 114 cm³/mol. The van der Waals surface area contributed by atoms with Crippen molar-refractivity contribution in [1.82, 2.24) is 15.0 Å². The Kier molecular flexibility index (Phi) is 7.08. The van der Waals surface area contributed by atoms with Crippen molar-refractivity contribution < 1.29 is 42.6 Å². The van der Waals surface area contributed by atoms with E-state index in [0.717, 1.165) is 19.8 Å². The number of benzene rings is 1. The molecule has 2 aromatic rings. The average Bonchev–Trinajstić information content (AvgIpc) is 3.20. The maximum Gasteiger partial charge on any atom is 0.516 e. The van der Waals surface area contributed by atoms with E-state index in [1.54, 1.807) is 14.0 Å². The van der Waals surface area contributed by atoms with Crippen LogP contribution in [0.4, 0.5) is 9.59 Å². The van der Waals surface area contributed by atoms with E-state index in [4.69, 9.17) is 14.0 Å². The van der Waals surface area contributed by atoms with Crippen LogP contribution in [0.1, 0.15) is 18.2 Å². The molecule has 1 saturated heterocycles. The predicted octanol–water partition coefficient (Wildman–Crippen LogP) is 1.81. The normalized spacial score (nSPS) is 20.2. The van der Waals surface area contributed by atoms with Crippen LogP contribution in [-0.2, 0) is 31.9 Å². The van der Waals surface area contributed by atoms with Gasteiger partial charge in [0, 0.05) is 26.9 Å². The number of carbonyl (C=O) groups is 4. The molecule has 1 aliphatic rings. The second kappa shape index (κ2) is 9.81. The van der Waals surface area contributed by atoms with Crippen LogP contribution in [0.5, 0.6) is 11.7 Å². The molecule has 1 aromatic carbocycles. The zero-order valence-corrected chi connectivity index (χ0v) is 19.4. The van der Waals surface area contributed by atoms with Crippen molar-refractivity contribution in [1.29, 1.82) is 0 Å². The van der Waals surface area contributed by atoms with E-state index in [2.05, 4.69) is 14.6 Å². The minimum absolute atomic E-state index is 0.0395.